The van der Waals surface area contributed by atoms with Gasteiger partial charge in [-0.2, -0.15) is 10.2 Å². The van der Waals surface area contributed by atoms with Gasteiger partial charge in [-0.15, -0.1) is 11.3 Å². The number of hydrogen-bond acceptors (Lipinski definition) is 9. The van der Waals surface area contributed by atoms with Crippen LogP contribution in [-0.4, -0.2) is 75.9 Å². The molecule has 2 aliphatic heterocycles. The Bertz CT molecular complexity index is 1680. The number of carbonyl (C=O) groups is 1. The Morgan fingerprint density at radius 1 is 1.21 bits per heavy atom. The lowest BCUT2D eigenvalue weighted by Gasteiger charge is -2.38. The van der Waals surface area contributed by atoms with Gasteiger partial charge in [0, 0.05) is 37.3 Å². The number of carbonyl (C=O) groups excluding carboxylic acids is 1. The van der Waals surface area contributed by atoms with Crippen molar-refractivity contribution in [3.05, 3.63) is 69.5 Å². The van der Waals surface area contributed by atoms with Gasteiger partial charge in [-0.1, -0.05) is 18.2 Å². The van der Waals surface area contributed by atoms with Gasteiger partial charge in [0.25, 0.3) is 0 Å². The number of benzene rings is 1. The highest BCUT2D eigenvalue weighted by Gasteiger charge is 2.33. The molecule has 216 valence electrons. The summed E-state index contributed by atoms with van der Waals surface area (Å²) in [7, 11) is 1.97. The molecule has 4 aromatic rings. The monoisotopic (exact) mass is 586 g/mol. The van der Waals surface area contributed by atoms with Gasteiger partial charge in [0.2, 0.25) is 5.91 Å². The van der Waals surface area contributed by atoms with Crippen molar-refractivity contribution in [3.8, 4) is 17.3 Å². The number of rotatable bonds is 8. The number of aryl methyl sites for hydroxylation is 1. The largest absolute Gasteiger partial charge is 0.337 e. The third-order valence-electron chi connectivity index (χ3n) is 8.28. The van der Waals surface area contributed by atoms with Crippen LogP contribution in [0.3, 0.4) is 0 Å². The Hall–Kier alpha value is -4.21. The fourth-order valence-electron chi connectivity index (χ4n) is 5.84. The minimum absolute atomic E-state index is 0.0709. The number of piperidine rings is 1. The maximum absolute atomic E-state index is 13.7. The van der Waals surface area contributed by atoms with E-state index in [9.17, 15) is 19.4 Å². The number of nitriles is 1. The topological polar surface area (TPSA) is 110 Å². The third kappa shape index (κ3) is 5.26. The third-order valence-corrected chi connectivity index (χ3v) is 9.19. The van der Waals surface area contributed by atoms with Crippen molar-refractivity contribution in [2.45, 2.75) is 38.1 Å². The number of nitroso groups, excluding NO2 is 1. The molecule has 2 aliphatic rings. The number of amides is 1. The highest BCUT2D eigenvalue weighted by molar-refractivity contribution is 7.14. The first-order valence-electron chi connectivity index (χ1n) is 14.1. The SMILES string of the molecule is CCc1nc2ccc(C3CCN(CC(=O)N4CC(N=O)C4)CC3)cn2c1N(C)c1nc(-c2ccc(F)cc2C#N)cs1. The van der Waals surface area contributed by atoms with Crippen molar-refractivity contribution in [2.24, 2.45) is 5.18 Å². The lowest BCUT2D eigenvalue weighted by molar-refractivity contribution is -0.136. The Morgan fingerprint density at radius 3 is 2.71 bits per heavy atom. The van der Waals surface area contributed by atoms with E-state index in [0.29, 0.717) is 36.8 Å². The number of hydrogen-bond donors (Lipinski definition) is 0. The summed E-state index contributed by atoms with van der Waals surface area (Å²) in [4.78, 5) is 38.8. The smallest absolute Gasteiger partial charge is 0.236 e. The Labute approximate surface area is 247 Å². The van der Waals surface area contributed by atoms with Crippen LogP contribution in [0.5, 0.6) is 0 Å². The van der Waals surface area contributed by atoms with Crippen LogP contribution in [0.1, 0.15) is 42.5 Å². The van der Waals surface area contributed by atoms with Gasteiger partial charge in [-0.05, 0) is 68.1 Å². The van der Waals surface area contributed by atoms with E-state index >= 15 is 0 Å². The molecule has 0 radical (unpaired) electrons. The molecule has 0 atom stereocenters. The van der Waals surface area contributed by atoms with Crippen molar-refractivity contribution in [1.29, 1.82) is 5.26 Å². The molecule has 0 unspecified atom stereocenters. The summed E-state index contributed by atoms with van der Waals surface area (Å²) >= 11 is 1.46. The summed E-state index contributed by atoms with van der Waals surface area (Å²) in [6.45, 7) is 5.02. The zero-order valence-electron chi connectivity index (χ0n) is 23.5. The maximum atomic E-state index is 13.7. The van der Waals surface area contributed by atoms with Crippen molar-refractivity contribution in [2.75, 3.05) is 44.7 Å². The second-order valence-corrected chi connectivity index (χ2v) is 11.7. The van der Waals surface area contributed by atoms with Crippen molar-refractivity contribution in [3.63, 3.8) is 0 Å². The molecular weight excluding hydrogens is 555 g/mol. The van der Waals surface area contributed by atoms with E-state index in [1.807, 2.05) is 17.3 Å². The standard InChI is InChI=1S/C30H31FN8O2S/c1-3-25-29(36(2)30-34-26(18-42-30)24-6-5-22(31)12-21(24)13-32)39-14-20(4-7-27(39)33-25)19-8-10-37(11-9-19)17-28(40)38-15-23(16-38)35-41/h4-7,12,14,18-19,23H,3,8-11,15-17H2,1-2H3. The first-order valence-corrected chi connectivity index (χ1v) is 15.0. The first-order chi connectivity index (χ1) is 20.4. The number of thiazole rings is 1. The van der Waals surface area contributed by atoms with Gasteiger partial charge in [-0.3, -0.25) is 14.1 Å². The van der Waals surface area contributed by atoms with Crippen LogP contribution in [0, 0.1) is 22.1 Å². The molecule has 2 saturated heterocycles. The Balaban J connectivity index is 1.20. The molecular formula is C30H31FN8O2S. The van der Waals surface area contributed by atoms with Gasteiger partial charge in [-0.25, -0.2) is 14.4 Å². The van der Waals surface area contributed by atoms with Crippen LogP contribution >= 0.6 is 11.3 Å². The zero-order chi connectivity index (χ0) is 29.4. The number of pyridine rings is 1. The van der Waals surface area contributed by atoms with Gasteiger partial charge < -0.3 is 9.80 Å². The second kappa shape index (κ2) is 11.6. The summed E-state index contributed by atoms with van der Waals surface area (Å²) in [5.41, 5.74) is 4.53. The van der Waals surface area contributed by atoms with Gasteiger partial charge in [0.1, 0.15) is 23.3 Å². The molecule has 12 heteroatoms. The quantitative estimate of drug-likeness (QED) is 0.269. The van der Waals surface area contributed by atoms with Crippen molar-refractivity contribution >= 4 is 33.8 Å². The molecule has 0 saturated carbocycles. The number of likely N-dealkylation sites (tertiary alicyclic amines) is 2. The maximum Gasteiger partial charge on any atom is 0.236 e. The van der Waals surface area contributed by atoms with Crippen molar-refractivity contribution < 1.29 is 9.18 Å². The average molecular weight is 587 g/mol. The van der Waals surface area contributed by atoms with E-state index in [-0.39, 0.29) is 17.5 Å². The number of halogens is 1. The van der Waals surface area contributed by atoms with E-state index in [0.717, 1.165) is 54.6 Å². The molecule has 1 amide bonds. The van der Waals surface area contributed by atoms with E-state index in [1.54, 1.807) is 11.0 Å². The highest BCUT2D eigenvalue weighted by Crippen LogP contribution is 2.36. The summed E-state index contributed by atoms with van der Waals surface area (Å²) in [6.07, 6.45) is 4.82. The number of fused-ring (bicyclic) bond motifs is 1. The summed E-state index contributed by atoms with van der Waals surface area (Å²) in [5, 5.41) is 15.1. The fraction of sp³-hybridized carbons (Fsp3) is 0.400. The fourth-order valence-corrected chi connectivity index (χ4v) is 6.63. The molecule has 6 rings (SSSR count). The van der Waals surface area contributed by atoms with Crippen molar-refractivity contribution in [1.82, 2.24) is 24.2 Å². The van der Waals surface area contributed by atoms with E-state index in [4.69, 9.17) is 9.97 Å². The van der Waals surface area contributed by atoms with Gasteiger partial charge in [0.05, 0.1) is 29.6 Å². The van der Waals surface area contributed by atoms with E-state index in [2.05, 4.69) is 45.8 Å². The lowest BCUT2D eigenvalue weighted by atomic mass is 9.90. The normalized spacial score (nSPS) is 16.4. The lowest BCUT2D eigenvalue weighted by Crippen LogP contribution is -2.55. The van der Waals surface area contributed by atoms with Crippen LogP contribution in [0.2, 0.25) is 0 Å². The summed E-state index contributed by atoms with van der Waals surface area (Å²) in [6, 6.07) is 10.2. The minimum Gasteiger partial charge on any atom is -0.337 e. The number of aromatic nitrogens is 3. The van der Waals surface area contributed by atoms with Crippen LogP contribution in [0.4, 0.5) is 15.3 Å². The molecule has 0 aliphatic carbocycles. The summed E-state index contributed by atoms with van der Waals surface area (Å²) < 4.78 is 15.8. The molecule has 0 bridgehead atoms. The van der Waals surface area contributed by atoms with Crippen LogP contribution in [-0.2, 0) is 11.2 Å². The molecule has 5 heterocycles. The number of nitrogens with zero attached hydrogens (tertiary/aromatic N) is 8. The van der Waals surface area contributed by atoms with Crippen LogP contribution in [0.25, 0.3) is 16.9 Å². The molecule has 3 aromatic heterocycles. The number of anilines is 2. The predicted molar refractivity (Wildman–Crippen MR) is 159 cm³/mol. The van der Waals surface area contributed by atoms with E-state index in [1.165, 1.54) is 29.0 Å². The molecule has 0 spiro atoms. The Morgan fingerprint density at radius 2 is 2.00 bits per heavy atom. The van der Waals surface area contributed by atoms with Crippen LogP contribution in [0.15, 0.2) is 47.1 Å². The molecule has 1 aromatic carbocycles. The Kier molecular flexibility index (Phi) is 7.70. The molecule has 42 heavy (non-hydrogen) atoms. The zero-order valence-corrected chi connectivity index (χ0v) is 24.3. The number of imidazole rings is 1. The molecule has 0 N–H and O–H groups in total. The highest BCUT2D eigenvalue weighted by atomic mass is 32.1. The predicted octanol–water partition coefficient (Wildman–Crippen LogP) is 4.96. The summed E-state index contributed by atoms with van der Waals surface area (Å²) in [5.74, 6) is 0.930. The second-order valence-electron chi connectivity index (χ2n) is 10.9. The minimum atomic E-state index is -0.450. The van der Waals surface area contributed by atoms with Crippen LogP contribution < -0.4 is 4.90 Å². The van der Waals surface area contributed by atoms with Gasteiger partial charge in [0.15, 0.2) is 5.13 Å². The average Bonchev–Trinajstić information content (AvgIpc) is 3.61. The van der Waals surface area contributed by atoms with E-state index < -0.39 is 5.82 Å². The van der Waals surface area contributed by atoms with Gasteiger partial charge >= 0.3 is 0 Å². The first kappa shape index (κ1) is 27.9. The molecule has 2 fully saturated rings. The molecule has 10 nitrogen and oxygen atoms in total.